The van der Waals surface area contributed by atoms with Gasteiger partial charge in [-0.05, 0) is 37.4 Å². The van der Waals surface area contributed by atoms with Gasteiger partial charge in [-0.15, -0.1) is 11.8 Å². The molecule has 0 saturated carbocycles. The van der Waals surface area contributed by atoms with Gasteiger partial charge >= 0.3 is 6.01 Å². The molecule has 2 rings (SSSR count). The first-order valence-electron chi connectivity index (χ1n) is 6.96. The van der Waals surface area contributed by atoms with Gasteiger partial charge in [0.05, 0.1) is 0 Å². The Morgan fingerprint density at radius 1 is 1.24 bits per heavy atom. The van der Waals surface area contributed by atoms with Crippen molar-refractivity contribution < 1.29 is 4.74 Å². The first kappa shape index (κ1) is 15.8. The van der Waals surface area contributed by atoms with Gasteiger partial charge in [0.15, 0.2) is 0 Å². The minimum Gasteiger partial charge on any atom is -0.424 e. The lowest BCUT2D eigenvalue weighted by Gasteiger charge is -2.11. The van der Waals surface area contributed by atoms with Crippen molar-refractivity contribution in [3.05, 3.63) is 41.7 Å². The summed E-state index contributed by atoms with van der Waals surface area (Å²) in [5.74, 6) is 0.750. The summed E-state index contributed by atoms with van der Waals surface area (Å²) in [6, 6.07) is 8.73. The molecule has 0 fully saturated rings. The van der Waals surface area contributed by atoms with Crippen molar-refractivity contribution in [3.8, 4) is 11.8 Å². The second kappa shape index (κ2) is 7.43. The lowest BCUT2D eigenvalue weighted by atomic mass is 10.2. The topological polar surface area (TPSA) is 47.0 Å². The Morgan fingerprint density at radius 2 is 1.95 bits per heavy atom. The van der Waals surface area contributed by atoms with Crippen LogP contribution >= 0.6 is 11.8 Å². The van der Waals surface area contributed by atoms with Crippen LogP contribution in [0.2, 0.25) is 0 Å². The molecule has 5 heteroatoms. The third-order valence-corrected chi connectivity index (χ3v) is 3.77. The maximum absolute atomic E-state index is 5.69. The molecular formula is C16H21N3OS. The average Bonchev–Trinajstić information content (AvgIpc) is 2.47. The number of aromatic nitrogens is 2. The third kappa shape index (κ3) is 4.72. The summed E-state index contributed by atoms with van der Waals surface area (Å²) in [5, 5.41) is 3.36. The van der Waals surface area contributed by atoms with Gasteiger partial charge in [0.1, 0.15) is 5.75 Å². The van der Waals surface area contributed by atoms with E-state index < -0.39 is 0 Å². The van der Waals surface area contributed by atoms with E-state index >= 15 is 0 Å². The van der Waals surface area contributed by atoms with Gasteiger partial charge in [0.2, 0.25) is 0 Å². The highest BCUT2D eigenvalue weighted by Crippen LogP contribution is 2.22. The molecule has 112 valence electrons. The highest BCUT2D eigenvalue weighted by atomic mass is 32.2. The predicted octanol–water partition coefficient (Wildman–Crippen LogP) is 3.80. The summed E-state index contributed by atoms with van der Waals surface area (Å²) in [6.45, 7) is 6.98. The Hall–Kier alpha value is -1.59. The Morgan fingerprint density at radius 3 is 2.52 bits per heavy atom. The summed E-state index contributed by atoms with van der Waals surface area (Å²) in [4.78, 5) is 9.89. The third-order valence-electron chi connectivity index (χ3n) is 3.03. The zero-order valence-electron chi connectivity index (χ0n) is 12.9. The van der Waals surface area contributed by atoms with Crippen LogP contribution < -0.4 is 10.1 Å². The standard InChI is InChI=1S/C16H21N3OS/c1-11(2)17-9-13-10-18-16(19-12(13)3)20-14-5-7-15(21-4)8-6-14/h5-8,10-11,17H,9H2,1-4H3. The Kier molecular flexibility index (Phi) is 5.59. The quantitative estimate of drug-likeness (QED) is 0.823. The molecule has 0 bridgehead atoms. The van der Waals surface area contributed by atoms with Crippen LogP contribution in [0.1, 0.15) is 25.1 Å². The van der Waals surface area contributed by atoms with E-state index in [-0.39, 0.29) is 0 Å². The summed E-state index contributed by atoms with van der Waals surface area (Å²) in [5.41, 5.74) is 2.03. The second-order valence-corrected chi connectivity index (χ2v) is 5.96. The molecule has 0 saturated heterocycles. The number of nitrogens with one attached hydrogen (secondary N) is 1. The van der Waals surface area contributed by atoms with Crippen LogP contribution in [-0.4, -0.2) is 22.3 Å². The second-order valence-electron chi connectivity index (χ2n) is 5.08. The van der Waals surface area contributed by atoms with Crippen molar-refractivity contribution in [2.24, 2.45) is 0 Å². The number of thioether (sulfide) groups is 1. The maximum atomic E-state index is 5.69. The molecule has 2 aromatic rings. The van der Waals surface area contributed by atoms with Crippen molar-refractivity contribution in [2.75, 3.05) is 6.26 Å². The van der Waals surface area contributed by atoms with Gasteiger partial charge in [-0.25, -0.2) is 4.98 Å². The number of benzene rings is 1. The summed E-state index contributed by atoms with van der Waals surface area (Å²) >= 11 is 1.70. The minimum absolute atomic E-state index is 0.387. The van der Waals surface area contributed by atoms with Crippen LogP contribution in [0.3, 0.4) is 0 Å². The van der Waals surface area contributed by atoms with Crippen LogP contribution in [0.4, 0.5) is 0 Å². The van der Waals surface area contributed by atoms with E-state index in [0.717, 1.165) is 23.6 Å². The van der Waals surface area contributed by atoms with Gasteiger partial charge in [0.25, 0.3) is 0 Å². The van der Waals surface area contributed by atoms with Crippen molar-refractivity contribution in [1.29, 1.82) is 0 Å². The molecule has 1 aromatic carbocycles. The fourth-order valence-electron chi connectivity index (χ4n) is 1.76. The monoisotopic (exact) mass is 303 g/mol. The summed E-state index contributed by atoms with van der Waals surface area (Å²) < 4.78 is 5.69. The van der Waals surface area contributed by atoms with Gasteiger partial charge in [-0.1, -0.05) is 13.8 Å². The number of hydrogen-bond acceptors (Lipinski definition) is 5. The first-order valence-corrected chi connectivity index (χ1v) is 8.18. The highest BCUT2D eigenvalue weighted by molar-refractivity contribution is 7.98. The lowest BCUT2D eigenvalue weighted by Crippen LogP contribution is -2.22. The molecule has 0 atom stereocenters. The van der Waals surface area contributed by atoms with Gasteiger partial charge in [-0.2, -0.15) is 4.98 Å². The van der Waals surface area contributed by atoms with Gasteiger partial charge < -0.3 is 10.1 Å². The first-order chi connectivity index (χ1) is 10.1. The normalized spacial score (nSPS) is 10.9. The number of aryl methyl sites for hydroxylation is 1. The van der Waals surface area contributed by atoms with Crippen LogP contribution in [-0.2, 0) is 6.54 Å². The van der Waals surface area contributed by atoms with Crippen molar-refractivity contribution >= 4 is 11.8 Å². The average molecular weight is 303 g/mol. The summed E-state index contributed by atoms with van der Waals surface area (Å²) in [7, 11) is 0. The molecule has 0 amide bonds. The molecule has 0 aliphatic rings. The molecule has 0 aliphatic heterocycles. The number of rotatable bonds is 6. The molecule has 0 aliphatic carbocycles. The van der Waals surface area contributed by atoms with Crippen molar-refractivity contribution in [2.45, 2.75) is 38.3 Å². The van der Waals surface area contributed by atoms with Crippen LogP contribution in [0.5, 0.6) is 11.8 Å². The smallest absolute Gasteiger partial charge is 0.322 e. The molecule has 1 aromatic heterocycles. The van der Waals surface area contributed by atoms with E-state index in [2.05, 4.69) is 29.1 Å². The van der Waals surface area contributed by atoms with E-state index in [1.54, 1.807) is 11.8 Å². The molecular weight excluding hydrogens is 282 g/mol. The van der Waals surface area contributed by atoms with Crippen LogP contribution in [0.15, 0.2) is 35.4 Å². The number of ether oxygens (including phenoxy) is 1. The van der Waals surface area contributed by atoms with E-state index in [0.29, 0.717) is 12.1 Å². The van der Waals surface area contributed by atoms with E-state index in [1.807, 2.05) is 43.6 Å². The summed E-state index contributed by atoms with van der Waals surface area (Å²) in [6.07, 6.45) is 3.87. The molecule has 0 radical (unpaired) electrons. The number of hydrogen-bond donors (Lipinski definition) is 1. The lowest BCUT2D eigenvalue weighted by molar-refractivity contribution is 0.438. The van der Waals surface area contributed by atoms with E-state index in [1.165, 1.54) is 4.90 Å². The predicted molar refractivity (Wildman–Crippen MR) is 87.0 cm³/mol. The van der Waals surface area contributed by atoms with E-state index in [4.69, 9.17) is 4.74 Å². The fourth-order valence-corrected chi connectivity index (χ4v) is 2.16. The molecule has 0 unspecified atom stereocenters. The number of nitrogens with zero attached hydrogens (tertiary/aromatic N) is 2. The zero-order chi connectivity index (χ0) is 15.2. The zero-order valence-corrected chi connectivity index (χ0v) is 13.7. The molecule has 0 spiro atoms. The maximum Gasteiger partial charge on any atom is 0.322 e. The van der Waals surface area contributed by atoms with Crippen molar-refractivity contribution in [1.82, 2.24) is 15.3 Å². The molecule has 1 N–H and O–H groups in total. The Bertz CT molecular complexity index is 585. The Labute approximate surface area is 130 Å². The fraction of sp³-hybridized carbons (Fsp3) is 0.375. The molecule has 4 nitrogen and oxygen atoms in total. The van der Waals surface area contributed by atoms with Crippen LogP contribution in [0.25, 0.3) is 0 Å². The Balaban J connectivity index is 2.05. The van der Waals surface area contributed by atoms with Gasteiger partial charge in [0, 0.05) is 34.9 Å². The van der Waals surface area contributed by atoms with Gasteiger partial charge in [-0.3, -0.25) is 0 Å². The van der Waals surface area contributed by atoms with E-state index in [9.17, 15) is 0 Å². The SMILES string of the molecule is CSc1ccc(Oc2ncc(CNC(C)C)c(C)n2)cc1. The largest absolute Gasteiger partial charge is 0.424 e. The highest BCUT2D eigenvalue weighted by Gasteiger charge is 2.06. The minimum atomic E-state index is 0.387. The van der Waals surface area contributed by atoms with Crippen molar-refractivity contribution in [3.63, 3.8) is 0 Å². The van der Waals surface area contributed by atoms with Crippen LogP contribution in [0, 0.1) is 6.92 Å². The molecule has 1 heterocycles. The molecule has 21 heavy (non-hydrogen) atoms.